The van der Waals surface area contributed by atoms with Crippen LogP contribution in [0.4, 0.5) is 5.69 Å². The Kier molecular flexibility index (Phi) is 8.72. The highest BCUT2D eigenvalue weighted by molar-refractivity contribution is 7.85. The van der Waals surface area contributed by atoms with Gasteiger partial charge in [0.1, 0.15) is 24.9 Å². The predicted octanol–water partition coefficient (Wildman–Crippen LogP) is 4.56. The molecule has 0 spiro atoms. The third-order valence-corrected chi connectivity index (χ3v) is 7.70. The van der Waals surface area contributed by atoms with Gasteiger partial charge in [-0.2, -0.15) is 0 Å². The summed E-state index contributed by atoms with van der Waals surface area (Å²) in [6.45, 7) is 3.47. The molecule has 206 valence electrons. The number of methoxy groups -OCH3 is 1. The number of carbonyl (C=O) groups is 1. The minimum absolute atomic E-state index is 0.223. The van der Waals surface area contributed by atoms with Crippen molar-refractivity contribution in [3.8, 4) is 22.5 Å². The molecule has 0 aromatic heterocycles. The van der Waals surface area contributed by atoms with Crippen molar-refractivity contribution in [1.82, 2.24) is 4.58 Å². The number of nitrogens with zero attached hydrogens (tertiary/aromatic N) is 2. The van der Waals surface area contributed by atoms with Crippen LogP contribution in [0.15, 0.2) is 65.1 Å². The molecule has 1 aliphatic heterocycles. The van der Waals surface area contributed by atoms with E-state index in [0.29, 0.717) is 23.5 Å². The summed E-state index contributed by atoms with van der Waals surface area (Å²) in [7, 11) is 1.00. The van der Waals surface area contributed by atoms with Crippen LogP contribution in [0.1, 0.15) is 36.5 Å². The molecular formula is C30H34N2O6S. The van der Waals surface area contributed by atoms with Crippen molar-refractivity contribution in [2.45, 2.75) is 26.2 Å². The quantitative estimate of drug-likeness (QED) is 0.123. The van der Waals surface area contributed by atoms with Gasteiger partial charge in [0, 0.05) is 60.1 Å². The maximum absolute atomic E-state index is 12.7. The van der Waals surface area contributed by atoms with Crippen LogP contribution >= 0.6 is 0 Å². The number of rotatable bonds is 10. The Balaban J connectivity index is 1.95. The van der Waals surface area contributed by atoms with E-state index in [2.05, 4.69) is 24.9 Å². The van der Waals surface area contributed by atoms with Gasteiger partial charge in [-0.3, -0.25) is 0 Å². The van der Waals surface area contributed by atoms with E-state index in [1.807, 2.05) is 60.2 Å². The van der Waals surface area contributed by atoms with Gasteiger partial charge in [-0.25, -0.2) is 17.8 Å². The van der Waals surface area contributed by atoms with Crippen LogP contribution in [-0.2, 0) is 14.9 Å². The highest BCUT2D eigenvalue weighted by atomic mass is 32.2. The lowest BCUT2D eigenvalue weighted by atomic mass is 9.90. The van der Waals surface area contributed by atoms with Crippen molar-refractivity contribution in [2.75, 3.05) is 44.9 Å². The zero-order valence-electron chi connectivity index (χ0n) is 22.8. The molecule has 1 aliphatic carbocycles. The molecule has 2 aromatic carbocycles. The molecule has 0 N–H and O–H groups in total. The molecule has 0 bridgehead atoms. The summed E-state index contributed by atoms with van der Waals surface area (Å²) in [5.41, 5.74) is 4.59. The monoisotopic (exact) mass is 550 g/mol. The first-order valence-corrected chi connectivity index (χ1v) is 14.6. The summed E-state index contributed by atoms with van der Waals surface area (Å²) in [5.74, 6) is -0.220. The molecular weight excluding hydrogens is 516 g/mol. The van der Waals surface area contributed by atoms with Gasteiger partial charge in [0.05, 0.1) is 28.9 Å². The third-order valence-electron chi connectivity index (χ3n) is 6.91. The molecule has 0 atom stereocenters. The molecule has 0 fully saturated rings. The second kappa shape index (κ2) is 12.0. The fraction of sp³-hybridized carbons (Fsp3) is 0.333. The lowest BCUT2D eigenvalue weighted by molar-refractivity contribution is 0.0601. The zero-order chi connectivity index (χ0) is 28.2. The van der Waals surface area contributed by atoms with Gasteiger partial charge in [-0.05, 0) is 36.2 Å². The molecule has 0 amide bonds. The molecule has 9 heteroatoms. The van der Waals surface area contributed by atoms with Crippen LogP contribution < -0.4 is 14.8 Å². The van der Waals surface area contributed by atoms with Crippen LogP contribution in [0.25, 0.3) is 33.4 Å². The maximum atomic E-state index is 12.7. The Morgan fingerprint density at radius 2 is 1.82 bits per heavy atom. The second-order valence-corrected chi connectivity index (χ2v) is 11.2. The number of ether oxygens (including phenoxy) is 1. The summed E-state index contributed by atoms with van der Waals surface area (Å²) in [4.78, 5) is 14.9. The van der Waals surface area contributed by atoms with E-state index >= 15 is 0 Å². The van der Waals surface area contributed by atoms with Crippen molar-refractivity contribution < 1.29 is 26.9 Å². The lowest BCUT2D eigenvalue weighted by Crippen LogP contribution is -2.28. The summed E-state index contributed by atoms with van der Waals surface area (Å²) in [6.07, 6.45) is 2.39. The minimum Gasteiger partial charge on any atom is -0.748 e. The molecule has 0 radical (unpaired) electrons. The third kappa shape index (κ3) is 6.49. The van der Waals surface area contributed by atoms with E-state index in [1.54, 1.807) is 6.07 Å². The average Bonchev–Trinajstić information content (AvgIpc) is 2.92. The van der Waals surface area contributed by atoms with Crippen LogP contribution in [0, 0.1) is 0 Å². The van der Waals surface area contributed by atoms with E-state index < -0.39 is 21.8 Å². The number of esters is 1. The van der Waals surface area contributed by atoms with Crippen molar-refractivity contribution in [3.63, 3.8) is 0 Å². The molecule has 0 saturated carbocycles. The number of benzene rings is 3. The summed E-state index contributed by atoms with van der Waals surface area (Å²) in [5, 5.41) is 1.69. The highest BCUT2D eigenvalue weighted by Crippen LogP contribution is 2.42. The summed E-state index contributed by atoms with van der Waals surface area (Å²) >= 11 is 0. The van der Waals surface area contributed by atoms with Gasteiger partial charge in [0.15, 0.2) is 0 Å². The molecule has 4 rings (SSSR count). The Labute approximate surface area is 229 Å². The number of anilines is 1. The van der Waals surface area contributed by atoms with E-state index in [0.717, 1.165) is 52.5 Å². The van der Waals surface area contributed by atoms with Crippen molar-refractivity contribution in [2.24, 2.45) is 0 Å². The van der Waals surface area contributed by atoms with E-state index in [-0.39, 0.29) is 6.42 Å². The summed E-state index contributed by atoms with van der Waals surface area (Å²) < 4.78 is 46.5. The van der Waals surface area contributed by atoms with Gasteiger partial charge in [0.25, 0.3) is 0 Å². The molecule has 0 saturated heterocycles. The van der Waals surface area contributed by atoms with Crippen LogP contribution in [0.3, 0.4) is 0 Å². The van der Waals surface area contributed by atoms with E-state index in [9.17, 15) is 17.8 Å². The topological polar surface area (TPSA) is 103 Å². The lowest BCUT2D eigenvalue weighted by Gasteiger charge is -2.21. The standard InChI is InChI=1S/C30H34N2O6S/c1-5-6-16-31(2)21-12-14-25-27(19-21)38-28-20-22(32(3)17-9-18-39(34,35)36)13-15-26(28)29(25)23-10-7-8-11-24(23)30(33)37-4/h7-8,10-15,19-20H,5-6,9,16-18H2,1-4H3. The number of carbonyl (C=O) groups excluding carboxylic acids is 1. The Hall–Kier alpha value is -3.69. The van der Waals surface area contributed by atoms with Gasteiger partial charge in [-0.15, -0.1) is 0 Å². The summed E-state index contributed by atoms with van der Waals surface area (Å²) in [6, 6.07) is 19.2. The zero-order valence-corrected chi connectivity index (χ0v) is 23.6. The largest absolute Gasteiger partial charge is 0.748 e. The van der Waals surface area contributed by atoms with Gasteiger partial charge in [0.2, 0.25) is 5.36 Å². The van der Waals surface area contributed by atoms with E-state index in [1.165, 1.54) is 7.11 Å². The highest BCUT2D eigenvalue weighted by Gasteiger charge is 2.23. The number of hydrogen-bond donors (Lipinski definition) is 0. The van der Waals surface area contributed by atoms with Crippen molar-refractivity contribution in [3.05, 3.63) is 71.6 Å². The molecule has 0 unspecified atom stereocenters. The van der Waals surface area contributed by atoms with Gasteiger partial charge >= 0.3 is 5.97 Å². The normalized spacial score (nSPS) is 12.5. The number of fused-ring (bicyclic) bond motifs is 2. The van der Waals surface area contributed by atoms with Crippen LogP contribution in [0.5, 0.6) is 0 Å². The number of hydrogen-bond acceptors (Lipinski definition) is 7. The van der Waals surface area contributed by atoms with E-state index in [4.69, 9.17) is 9.15 Å². The SMILES string of the molecule is CCCCN(C)c1ccc2c(-c3ccccc3C(=O)OC)c3ccc(=[N+](C)CCCS(=O)(=O)[O-])cc-3oc2c1. The van der Waals surface area contributed by atoms with Crippen LogP contribution in [0.2, 0.25) is 0 Å². The second-order valence-electron chi connectivity index (χ2n) is 9.69. The first kappa shape index (κ1) is 28.3. The molecule has 2 aromatic rings. The first-order valence-electron chi connectivity index (χ1n) is 13.0. The Morgan fingerprint density at radius 3 is 2.54 bits per heavy atom. The molecule has 8 nitrogen and oxygen atoms in total. The van der Waals surface area contributed by atoms with Crippen molar-refractivity contribution >= 4 is 32.7 Å². The smallest absolute Gasteiger partial charge is 0.338 e. The maximum Gasteiger partial charge on any atom is 0.338 e. The molecule has 2 aliphatic rings. The fourth-order valence-corrected chi connectivity index (χ4v) is 5.24. The molecule has 1 heterocycles. The predicted molar refractivity (Wildman–Crippen MR) is 153 cm³/mol. The Morgan fingerprint density at radius 1 is 1.05 bits per heavy atom. The number of unbranched alkanes of at least 4 members (excludes halogenated alkanes) is 1. The first-order chi connectivity index (χ1) is 18.6. The van der Waals surface area contributed by atoms with Gasteiger partial charge in [-0.1, -0.05) is 31.5 Å². The average molecular weight is 551 g/mol. The minimum atomic E-state index is -4.26. The molecule has 39 heavy (non-hydrogen) atoms. The van der Waals surface area contributed by atoms with Crippen LogP contribution in [-0.4, -0.2) is 59.0 Å². The fourth-order valence-electron chi connectivity index (χ4n) is 4.75. The van der Waals surface area contributed by atoms with Crippen molar-refractivity contribution in [1.29, 1.82) is 0 Å². The van der Waals surface area contributed by atoms with Gasteiger partial charge < -0.3 is 18.6 Å². The Bertz CT molecular complexity index is 1640.